The molecule has 2 aromatic rings. The van der Waals surface area contributed by atoms with Crippen molar-refractivity contribution in [1.29, 1.82) is 0 Å². The zero-order chi connectivity index (χ0) is 14.3. The highest BCUT2D eigenvalue weighted by atomic mass is 79.9. The molecule has 1 aliphatic rings. The van der Waals surface area contributed by atoms with E-state index in [4.69, 9.17) is 0 Å². The van der Waals surface area contributed by atoms with Crippen molar-refractivity contribution in [2.45, 2.75) is 19.3 Å². The monoisotopic (exact) mass is 333 g/mol. The maximum absolute atomic E-state index is 12.2. The van der Waals surface area contributed by atoms with Crippen molar-refractivity contribution < 1.29 is 4.79 Å². The molecule has 1 saturated carbocycles. The van der Waals surface area contributed by atoms with Gasteiger partial charge in [0.05, 0.1) is 5.69 Å². The summed E-state index contributed by atoms with van der Waals surface area (Å²) in [5, 5.41) is 7.19. The molecule has 1 aromatic carbocycles. The highest BCUT2D eigenvalue weighted by Crippen LogP contribution is 2.48. The molecular formula is C15H16BrN3O. The molecule has 0 aliphatic heterocycles. The fourth-order valence-electron chi connectivity index (χ4n) is 2.54. The summed E-state index contributed by atoms with van der Waals surface area (Å²) < 4.78 is 2.76. The first-order valence-corrected chi connectivity index (χ1v) is 7.41. The van der Waals surface area contributed by atoms with Crippen LogP contribution < -0.4 is 5.32 Å². The largest absolute Gasteiger partial charge is 0.311 e. The van der Waals surface area contributed by atoms with E-state index in [2.05, 4.69) is 38.5 Å². The number of carbonyl (C=O) groups excluding carboxylic acids is 1. The molecule has 104 valence electrons. The van der Waals surface area contributed by atoms with E-state index in [1.54, 1.807) is 4.68 Å². The van der Waals surface area contributed by atoms with Crippen molar-refractivity contribution in [3.8, 4) is 0 Å². The van der Waals surface area contributed by atoms with Gasteiger partial charge in [0.25, 0.3) is 0 Å². The van der Waals surface area contributed by atoms with E-state index in [0.29, 0.717) is 5.92 Å². The van der Waals surface area contributed by atoms with Crippen LogP contribution in [-0.2, 0) is 11.8 Å². The summed E-state index contributed by atoms with van der Waals surface area (Å²) in [4.78, 5) is 12.2. The molecule has 0 unspecified atom stereocenters. The summed E-state index contributed by atoms with van der Waals surface area (Å²) in [5.41, 5.74) is 2.13. The number of halogens is 1. The number of hydrogen-bond acceptors (Lipinski definition) is 2. The lowest BCUT2D eigenvalue weighted by atomic mass is 10.1. The van der Waals surface area contributed by atoms with Crippen molar-refractivity contribution in [1.82, 2.24) is 9.78 Å². The molecule has 20 heavy (non-hydrogen) atoms. The number of nitrogens with zero attached hydrogens (tertiary/aromatic N) is 2. The van der Waals surface area contributed by atoms with E-state index in [-0.39, 0.29) is 11.8 Å². The van der Waals surface area contributed by atoms with E-state index in [0.717, 1.165) is 22.4 Å². The molecule has 3 rings (SSSR count). The van der Waals surface area contributed by atoms with Crippen molar-refractivity contribution in [3.63, 3.8) is 0 Å². The molecule has 0 spiro atoms. The third-order valence-electron chi connectivity index (χ3n) is 3.66. The van der Waals surface area contributed by atoms with Crippen LogP contribution in [0.15, 0.2) is 34.8 Å². The van der Waals surface area contributed by atoms with Crippen LogP contribution in [0.25, 0.3) is 0 Å². The van der Waals surface area contributed by atoms with Crippen LogP contribution in [0.2, 0.25) is 0 Å². The minimum absolute atomic E-state index is 0.0690. The van der Waals surface area contributed by atoms with Gasteiger partial charge in [0.15, 0.2) is 0 Å². The minimum atomic E-state index is 0.0690. The van der Waals surface area contributed by atoms with Gasteiger partial charge in [0.2, 0.25) is 5.91 Å². The van der Waals surface area contributed by atoms with Gasteiger partial charge < -0.3 is 5.32 Å². The zero-order valence-corrected chi connectivity index (χ0v) is 13.0. The lowest BCUT2D eigenvalue weighted by Crippen LogP contribution is -2.16. The van der Waals surface area contributed by atoms with E-state index in [9.17, 15) is 4.79 Å². The zero-order valence-electron chi connectivity index (χ0n) is 11.4. The maximum atomic E-state index is 12.2. The summed E-state index contributed by atoms with van der Waals surface area (Å²) in [6.07, 6.45) is 0.916. The van der Waals surface area contributed by atoms with Crippen molar-refractivity contribution in [3.05, 3.63) is 46.1 Å². The van der Waals surface area contributed by atoms with E-state index < -0.39 is 0 Å². The lowest BCUT2D eigenvalue weighted by Gasteiger charge is -2.05. The number of benzene rings is 1. The number of carbonyl (C=O) groups is 1. The Bertz CT molecular complexity index is 665. The Morgan fingerprint density at radius 1 is 1.45 bits per heavy atom. The van der Waals surface area contributed by atoms with Gasteiger partial charge in [-0.3, -0.25) is 9.48 Å². The van der Waals surface area contributed by atoms with Crippen molar-refractivity contribution in [2.24, 2.45) is 13.0 Å². The third kappa shape index (κ3) is 2.63. The summed E-state index contributed by atoms with van der Waals surface area (Å²) in [7, 11) is 1.83. The van der Waals surface area contributed by atoms with Gasteiger partial charge in [0.1, 0.15) is 5.82 Å². The predicted molar refractivity (Wildman–Crippen MR) is 81.6 cm³/mol. The van der Waals surface area contributed by atoms with Gasteiger partial charge in [-0.1, -0.05) is 28.1 Å². The Kier molecular flexibility index (Phi) is 3.38. The Balaban J connectivity index is 1.67. The number of hydrogen-bond donors (Lipinski definition) is 1. The summed E-state index contributed by atoms with van der Waals surface area (Å²) in [5.74, 6) is 1.24. The van der Waals surface area contributed by atoms with Crippen LogP contribution in [-0.4, -0.2) is 15.7 Å². The first-order chi connectivity index (χ1) is 9.54. The Hall–Kier alpha value is -1.62. The molecule has 1 N–H and O–H groups in total. The summed E-state index contributed by atoms with van der Waals surface area (Å²) in [6, 6.07) is 10.1. The molecule has 1 aromatic heterocycles. The van der Waals surface area contributed by atoms with Crippen molar-refractivity contribution >= 4 is 27.7 Å². The second-order valence-electron chi connectivity index (χ2n) is 5.29. The van der Waals surface area contributed by atoms with Crippen LogP contribution in [0.5, 0.6) is 0 Å². The summed E-state index contributed by atoms with van der Waals surface area (Å²) in [6.45, 7) is 1.91. The van der Waals surface area contributed by atoms with Gasteiger partial charge in [-0.25, -0.2) is 0 Å². The lowest BCUT2D eigenvalue weighted by molar-refractivity contribution is -0.117. The topological polar surface area (TPSA) is 46.9 Å². The third-order valence-corrected chi connectivity index (χ3v) is 4.15. The molecule has 1 heterocycles. The number of aromatic nitrogens is 2. The molecule has 1 aliphatic carbocycles. The molecule has 4 nitrogen and oxygen atoms in total. The first kappa shape index (κ1) is 13.4. The fourth-order valence-corrected chi connectivity index (χ4v) is 2.95. The number of rotatable bonds is 3. The number of aryl methyl sites for hydroxylation is 2. The minimum Gasteiger partial charge on any atom is -0.311 e. The quantitative estimate of drug-likeness (QED) is 0.937. The van der Waals surface area contributed by atoms with Gasteiger partial charge in [0, 0.05) is 23.5 Å². The van der Waals surface area contributed by atoms with E-state index in [1.165, 1.54) is 5.56 Å². The Morgan fingerprint density at radius 3 is 2.90 bits per heavy atom. The maximum Gasteiger partial charge on any atom is 0.229 e. The fraction of sp³-hybridized carbons (Fsp3) is 0.333. The molecule has 5 heteroatoms. The Labute approximate surface area is 126 Å². The average Bonchev–Trinajstić information content (AvgIpc) is 3.12. The standard InChI is InChI=1S/C15H16BrN3O/c1-9-6-14(19(2)18-9)17-15(20)13-8-12(13)10-4-3-5-11(16)7-10/h3-7,12-13H,8H2,1-2H3,(H,17,20)/t12-,13-/m1/s1. The average molecular weight is 334 g/mol. The molecule has 0 radical (unpaired) electrons. The second-order valence-corrected chi connectivity index (χ2v) is 6.20. The molecule has 0 bridgehead atoms. The first-order valence-electron chi connectivity index (χ1n) is 6.61. The van der Waals surface area contributed by atoms with Crippen LogP contribution in [0.1, 0.15) is 23.6 Å². The van der Waals surface area contributed by atoms with E-state index in [1.807, 2.05) is 32.2 Å². The molecule has 0 saturated heterocycles. The molecule has 1 fully saturated rings. The smallest absolute Gasteiger partial charge is 0.229 e. The predicted octanol–water partition coefficient (Wildman–Crippen LogP) is 3.23. The normalized spacial score (nSPS) is 20.8. The second kappa shape index (κ2) is 5.05. The summed E-state index contributed by atoms with van der Waals surface area (Å²) >= 11 is 3.47. The number of amides is 1. The van der Waals surface area contributed by atoms with E-state index >= 15 is 0 Å². The highest BCUT2D eigenvalue weighted by Gasteiger charge is 2.44. The van der Waals surface area contributed by atoms with Gasteiger partial charge >= 0.3 is 0 Å². The van der Waals surface area contributed by atoms with Gasteiger partial charge in [-0.2, -0.15) is 5.10 Å². The van der Waals surface area contributed by atoms with Crippen LogP contribution in [0.3, 0.4) is 0 Å². The van der Waals surface area contributed by atoms with Crippen LogP contribution >= 0.6 is 15.9 Å². The molecule has 1 amide bonds. The number of anilines is 1. The Morgan fingerprint density at radius 2 is 2.25 bits per heavy atom. The SMILES string of the molecule is Cc1cc(NC(=O)[C@@H]2C[C@@H]2c2cccc(Br)c2)n(C)n1. The number of nitrogens with one attached hydrogen (secondary N) is 1. The molecular weight excluding hydrogens is 318 g/mol. The molecule has 2 atom stereocenters. The van der Waals surface area contributed by atoms with Gasteiger partial charge in [-0.15, -0.1) is 0 Å². The van der Waals surface area contributed by atoms with Crippen LogP contribution in [0.4, 0.5) is 5.82 Å². The van der Waals surface area contributed by atoms with Crippen LogP contribution in [0, 0.1) is 12.8 Å². The highest BCUT2D eigenvalue weighted by molar-refractivity contribution is 9.10. The van der Waals surface area contributed by atoms with Crippen molar-refractivity contribution in [2.75, 3.05) is 5.32 Å². The van der Waals surface area contributed by atoms with Gasteiger partial charge in [-0.05, 0) is 37.0 Å².